The van der Waals surface area contributed by atoms with Crippen LogP contribution in [0.1, 0.15) is 17.9 Å². The van der Waals surface area contributed by atoms with Gasteiger partial charge in [-0.1, -0.05) is 30.3 Å². The normalized spacial score (nSPS) is 24.7. The van der Waals surface area contributed by atoms with Gasteiger partial charge in [0.25, 0.3) is 7.82 Å². The summed E-state index contributed by atoms with van der Waals surface area (Å²) in [6, 6.07) is 8.45. The molecule has 33 heavy (non-hydrogen) atoms. The minimum atomic E-state index is -5.22. The molecule has 0 spiro atoms. The molecule has 0 bridgehead atoms. The molecule has 1 aromatic carbocycles. The van der Waals surface area contributed by atoms with E-state index in [1.807, 2.05) is 0 Å². The average Bonchev–Trinajstić information content (AvgIpc) is 2.99. The molecule has 0 amide bonds. The topological polar surface area (TPSA) is 209 Å². The summed E-state index contributed by atoms with van der Waals surface area (Å²) in [5.74, 6) is -1.88. The number of hydrogen-bond acceptors (Lipinski definition) is 12. The number of phosphoric acid groups is 1. The van der Waals surface area contributed by atoms with Crippen LogP contribution in [0, 0.1) is 0 Å². The van der Waals surface area contributed by atoms with Gasteiger partial charge in [-0.05, 0) is 11.6 Å². The van der Waals surface area contributed by atoms with E-state index >= 15 is 0 Å². The Labute approximate surface area is 231 Å². The quantitative estimate of drug-likeness (QED) is 0.228. The van der Waals surface area contributed by atoms with Crippen LogP contribution >= 0.6 is 7.82 Å². The van der Waals surface area contributed by atoms with E-state index in [1.54, 1.807) is 6.07 Å². The van der Waals surface area contributed by atoms with Crippen LogP contribution in [0.4, 0.5) is 5.82 Å². The SMILES string of the molecule is Nc1ccn([C@@H]2O[C@H](COP(=O)([O-])O[C@@H](C(=O)[O-])c3ccccc3)[C@@H](O)[C@H]2O)c(=O)n1.[Na+].[Na+]. The van der Waals surface area contributed by atoms with Crippen LogP contribution in [0.25, 0.3) is 0 Å². The first kappa shape index (κ1) is 30.4. The summed E-state index contributed by atoms with van der Waals surface area (Å²) in [4.78, 5) is 38.8. The van der Waals surface area contributed by atoms with Crippen LogP contribution in [-0.2, 0) is 23.1 Å². The van der Waals surface area contributed by atoms with E-state index in [2.05, 4.69) is 14.0 Å². The third-order valence-corrected chi connectivity index (χ3v) is 5.35. The number of aliphatic carboxylic acids is 1. The second-order valence-corrected chi connectivity index (χ2v) is 7.91. The van der Waals surface area contributed by atoms with Crippen molar-refractivity contribution in [3.05, 3.63) is 58.6 Å². The van der Waals surface area contributed by atoms with Gasteiger partial charge < -0.3 is 44.5 Å². The van der Waals surface area contributed by atoms with E-state index in [1.165, 1.54) is 36.5 Å². The number of aliphatic hydroxyl groups excluding tert-OH is 2. The third kappa shape index (κ3) is 7.67. The number of nitrogens with zero attached hydrogens (tertiary/aromatic N) is 2. The van der Waals surface area contributed by atoms with Gasteiger partial charge in [0.1, 0.15) is 30.2 Å². The summed E-state index contributed by atoms with van der Waals surface area (Å²) >= 11 is 0. The monoisotopic (exact) mass is 501 g/mol. The standard InChI is InChI=1S/C17H20N3O10P.2Na/c18-11-6-7-20(17(25)19-11)15-13(22)12(21)10(29-15)8-28-31(26,27)30-14(16(23)24)9-4-2-1-3-5-9;;/h1-7,10,12-15,21-22H,8H2,(H,23,24)(H,26,27)(H2,18,19,25);;/q;2*+1/p-2/t10-,12-,13-,14-,15-;;/m1../s1. The molecule has 6 atom stereocenters. The van der Waals surface area contributed by atoms with E-state index in [0.717, 1.165) is 4.57 Å². The molecular formula is C17H18N3Na2O10P. The number of aliphatic hydroxyl groups is 2. The Bertz CT molecular complexity index is 1040. The van der Waals surface area contributed by atoms with Crippen molar-refractivity contribution in [3.8, 4) is 0 Å². The number of carbonyl (C=O) groups is 1. The maximum absolute atomic E-state index is 12.1. The van der Waals surface area contributed by atoms with E-state index in [9.17, 15) is 34.4 Å². The molecule has 13 nitrogen and oxygen atoms in total. The Kier molecular flexibility index (Phi) is 11.9. The fourth-order valence-electron chi connectivity index (χ4n) is 2.91. The van der Waals surface area contributed by atoms with Crippen LogP contribution in [-0.4, -0.2) is 50.7 Å². The fraction of sp³-hybridized carbons (Fsp3) is 0.353. The number of nitrogen functional groups attached to an aromatic ring is 1. The van der Waals surface area contributed by atoms with Gasteiger partial charge in [0, 0.05) is 6.20 Å². The van der Waals surface area contributed by atoms with Gasteiger partial charge >= 0.3 is 64.8 Å². The maximum atomic E-state index is 12.1. The molecule has 1 aromatic heterocycles. The van der Waals surface area contributed by atoms with Crippen molar-refractivity contribution in [2.24, 2.45) is 0 Å². The number of carbonyl (C=O) groups excluding carboxylic acids is 1. The summed E-state index contributed by atoms with van der Waals surface area (Å²) in [7, 11) is -5.22. The Morgan fingerprint density at radius 1 is 1.24 bits per heavy atom. The largest absolute Gasteiger partial charge is 1.00 e. The molecule has 0 aliphatic carbocycles. The van der Waals surface area contributed by atoms with E-state index in [0.29, 0.717) is 0 Å². The Balaban J connectivity index is 0.00000272. The zero-order valence-corrected chi connectivity index (χ0v) is 22.6. The van der Waals surface area contributed by atoms with Crippen LogP contribution in [0.3, 0.4) is 0 Å². The van der Waals surface area contributed by atoms with E-state index < -0.39 is 56.7 Å². The smallest absolute Gasteiger partial charge is 0.756 e. The number of carboxylic acids is 1. The molecule has 2 aromatic rings. The average molecular weight is 501 g/mol. The first-order chi connectivity index (χ1) is 14.6. The van der Waals surface area contributed by atoms with Crippen molar-refractivity contribution < 1.29 is 102 Å². The Morgan fingerprint density at radius 2 is 1.88 bits per heavy atom. The molecule has 1 unspecified atom stereocenters. The first-order valence-electron chi connectivity index (χ1n) is 8.85. The predicted molar refractivity (Wildman–Crippen MR) is 97.7 cm³/mol. The van der Waals surface area contributed by atoms with Crippen molar-refractivity contribution in [2.45, 2.75) is 30.6 Å². The maximum Gasteiger partial charge on any atom is 1.00 e. The molecule has 1 aliphatic heterocycles. The van der Waals surface area contributed by atoms with Gasteiger partial charge in [-0.25, -0.2) is 4.79 Å². The van der Waals surface area contributed by atoms with Crippen LogP contribution < -0.4 is 80.5 Å². The van der Waals surface area contributed by atoms with Gasteiger partial charge in [0.2, 0.25) is 0 Å². The van der Waals surface area contributed by atoms with Gasteiger partial charge in [-0.15, -0.1) is 0 Å². The predicted octanol–water partition coefficient (Wildman–Crippen LogP) is -8.55. The molecule has 1 aliphatic rings. The summed E-state index contributed by atoms with van der Waals surface area (Å²) in [6.45, 7) is -0.832. The summed E-state index contributed by atoms with van der Waals surface area (Å²) in [6.07, 6.45) is -6.83. The molecule has 4 N–H and O–H groups in total. The molecule has 3 rings (SSSR count). The van der Waals surface area contributed by atoms with Gasteiger partial charge in [0.05, 0.1) is 12.6 Å². The van der Waals surface area contributed by atoms with Crippen molar-refractivity contribution >= 4 is 19.6 Å². The number of rotatable bonds is 8. The van der Waals surface area contributed by atoms with Crippen LogP contribution in [0.5, 0.6) is 0 Å². The molecule has 0 saturated carbocycles. The summed E-state index contributed by atoms with van der Waals surface area (Å²) < 4.78 is 27.5. The van der Waals surface area contributed by atoms with Gasteiger partial charge in [0.15, 0.2) is 6.23 Å². The van der Waals surface area contributed by atoms with E-state index in [-0.39, 0.29) is 70.5 Å². The van der Waals surface area contributed by atoms with Gasteiger partial charge in [-0.3, -0.25) is 9.13 Å². The third-order valence-electron chi connectivity index (χ3n) is 4.41. The molecule has 1 saturated heterocycles. The summed E-state index contributed by atoms with van der Waals surface area (Å²) in [5.41, 5.74) is 4.53. The van der Waals surface area contributed by atoms with Crippen molar-refractivity contribution in [1.29, 1.82) is 0 Å². The van der Waals surface area contributed by atoms with Crippen molar-refractivity contribution in [2.75, 3.05) is 12.3 Å². The molecule has 2 heterocycles. The van der Waals surface area contributed by atoms with Crippen LogP contribution in [0.2, 0.25) is 0 Å². The second-order valence-electron chi connectivity index (χ2n) is 6.55. The van der Waals surface area contributed by atoms with E-state index in [4.69, 9.17) is 10.5 Å². The fourth-order valence-corrected chi connectivity index (χ4v) is 3.76. The van der Waals surface area contributed by atoms with Gasteiger partial charge in [-0.2, -0.15) is 4.98 Å². The zero-order chi connectivity index (χ0) is 22.8. The zero-order valence-electron chi connectivity index (χ0n) is 17.7. The molecule has 0 radical (unpaired) electrons. The number of carboxylic acid groups (broad SMARTS) is 1. The number of benzene rings is 1. The van der Waals surface area contributed by atoms with Crippen molar-refractivity contribution in [1.82, 2.24) is 9.55 Å². The number of ether oxygens (including phenoxy) is 1. The number of phosphoric ester groups is 1. The Morgan fingerprint density at radius 3 is 2.45 bits per heavy atom. The molecule has 16 heteroatoms. The minimum Gasteiger partial charge on any atom is -0.756 e. The first-order valence-corrected chi connectivity index (χ1v) is 10.3. The molecule has 1 fully saturated rings. The minimum absolute atomic E-state index is 0. The van der Waals surface area contributed by atoms with Crippen molar-refractivity contribution in [3.63, 3.8) is 0 Å². The number of nitrogens with two attached hydrogens (primary N) is 1. The second kappa shape index (κ2) is 12.9. The molecule has 168 valence electrons. The number of aromatic nitrogens is 2. The van der Waals surface area contributed by atoms with Crippen LogP contribution in [0.15, 0.2) is 47.4 Å². The summed E-state index contributed by atoms with van der Waals surface area (Å²) in [5, 5.41) is 31.6. The number of anilines is 1. The molecular weight excluding hydrogens is 483 g/mol. The Hall–Kier alpha value is -0.640. The number of hydrogen-bond donors (Lipinski definition) is 3.